The molecule has 2 aromatic heterocycles. The molecule has 2 N–H and O–H groups in total. The topological polar surface area (TPSA) is 141 Å². The van der Waals surface area contributed by atoms with Crippen LogP contribution in [0.1, 0.15) is 69.1 Å². The highest BCUT2D eigenvalue weighted by molar-refractivity contribution is 5.91. The van der Waals surface area contributed by atoms with E-state index in [9.17, 15) is 9.59 Å². The molecule has 33 heavy (non-hydrogen) atoms. The van der Waals surface area contributed by atoms with Crippen molar-refractivity contribution in [1.82, 2.24) is 35.7 Å². The summed E-state index contributed by atoms with van der Waals surface area (Å²) in [6.07, 6.45) is 7.78. The van der Waals surface area contributed by atoms with Crippen molar-refractivity contribution in [2.24, 2.45) is 0 Å². The number of benzene rings is 1. The van der Waals surface area contributed by atoms with E-state index in [-0.39, 0.29) is 18.2 Å². The number of hydrogen-bond acceptors (Lipinski definition) is 8. The molecule has 0 unspecified atom stereocenters. The molecule has 1 aromatic carbocycles. The molecular weight excluding hydrogens is 424 g/mol. The smallest absolute Gasteiger partial charge is 0.227 e. The second-order valence-electron chi connectivity index (χ2n) is 8.49. The summed E-state index contributed by atoms with van der Waals surface area (Å²) >= 11 is 0. The molecule has 11 heteroatoms. The number of nitrogens with one attached hydrogen (secondary N) is 2. The number of rotatable bonds is 7. The standard InChI is InChI=1S/C22H28N8O3/c1-15-7-8-17(30-14-23-28-29-30)13-18(15)24-19(32)9-10-20-25-21(27-33-20)22(26-16(2)31)11-5-3-4-6-12-22/h7-8,13-14H,3-6,9-12H2,1-2H3,(H,24,32)(H,26,31). The first-order chi connectivity index (χ1) is 15.9. The van der Waals surface area contributed by atoms with Gasteiger partial charge in [-0.1, -0.05) is 36.9 Å². The van der Waals surface area contributed by atoms with E-state index in [1.807, 2.05) is 25.1 Å². The number of hydrogen-bond donors (Lipinski definition) is 2. The van der Waals surface area contributed by atoms with E-state index in [4.69, 9.17) is 4.52 Å². The Bertz CT molecular complexity index is 1100. The Labute approximate surface area is 191 Å². The van der Waals surface area contributed by atoms with Crippen LogP contribution in [-0.4, -0.2) is 42.2 Å². The van der Waals surface area contributed by atoms with Gasteiger partial charge in [-0.05, 0) is 47.9 Å². The van der Waals surface area contributed by atoms with Crippen LogP contribution in [0.4, 0.5) is 5.69 Å². The van der Waals surface area contributed by atoms with Gasteiger partial charge in [0, 0.05) is 25.5 Å². The maximum Gasteiger partial charge on any atom is 0.227 e. The number of carbonyl (C=O) groups is 2. The minimum atomic E-state index is -0.597. The van der Waals surface area contributed by atoms with E-state index in [2.05, 4.69) is 36.3 Å². The first-order valence-corrected chi connectivity index (χ1v) is 11.2. The molecule has 174 valence electrons. The van der Waals surface area contributed by atoms with Crippen LogP contribution in [0.3, 0.4) is 0 Å². The number of carbonyl (C=O) groups excluding carboxylic acids is 2. The quantitative estimate of drug-likeness (QED) is 0.521. The zero-order chi connectivity index (χ0) is 23.3. The molecule has 0 bridgehead atoms. The molecule has 1 fully saturated rings. The van der Waals surface area contributed by atoms with Crippen LogP contribution in [0.25, 0.3) is 5.69 Å². The summed E-state index contributed by atoms with van der Waals surface area (Å²) in [4.78, 5) is 29.0. The van der Waals surface area contributed by atoms with Crippen molar-refractivity contribution in [3.8, 4) is 5.69 Å². The van der Waals surface area contributed by atoms with Gasteiger partial charge >= 0.3 is 0 Å². The van der Waals surface area contributed by atoms with Crippen LogP contribution in [0.5, 0.6) is 0 Å². The van der Waals surface area contributed by atoms with Gasteiger partial charge in [-0.15, -0.1) is 5.10 Å². The lowest BCUT2D eigenvalue weighted by molar-refractivity contribution is -0.121. The molecular formula is C22H28N8O3. The summed E-state index contributed by atoms with van der Waals surface area (Å²) in [7, 11) is 0. The van der Waals surface area contributed by atoms with Gasteiger partial charge in [-0.25, -0.2) is 4.68 Å². The summed E-state index contributed by atoms with van der Waals surface area (Å²) in [6, 6.07) is 5.59. The molecule has 1 aliphatic carbocycles. The summed E-state index contributed by atoms with van der Waals surface area (Å²) in [5.41, 5.74) is 1.75. The summed E-state index contributed by atoms with van der Waals surface area (Å²) < 4.78 is 6.96. The SMILES string of the molecule is CC(=O)NC1(c2noc(CCC(=O)Nc3cc(-n4cnnn4)ccc3C)n2)CCCCCC1. The highest BCUT2D eigenvalue weighted by atomic mass is 16.5. The van der Waals surface area contributed by atoms with Gasteiger partial charge in [0.25, 0.3) is 0 Å². The Morgan fingerprint density at radius 3 is 2.67 bits per heavy atom. The Hall–Kier alpha value is -3.63. The van der Waals surface area contributed by atoms with Crippen molar-refractivity contribution in [1.29, 1.82) is 0 Å². The van der Waals surface area contributed by atoms with Crippen LogP contribution in [-0.2, 0) is 21.5 Å². The van der Waals surface area contributed by atoms with E-state index < -0.39 is 5.54 Å². The van der Waals surface area contributed by atoms with Crippen LogP contribution in [0.2, 0.25) is 0 Å². The van der Waals surface area contributed by atoms with Crippen molar-refractivity contribution in [2.45, 2.75) is 70.8 Å². The van der Waals surface area contributed by atoms with Gasteiger partial charge in [0.1, 0.15) is 11.9 Å². The first-order valence-electron chi connectivity index (χ1n) is 11.2. The fourth-order valence-electron chi connectivity index (χ4n) is 4.22. The fourth-order valence-corrected chi connectivity index (χ4v) is 4.22. The largest absolute Gasteiger partial charge is 0.343 e. The van der Waals surface area contributed by atoms with E-state index in [1.54, 1.807) is 0 Å². The lowest BCUT2D eigenvalue weighted by atomic mass is 9.89. The third-order valence-corrected chi connectivity index (χ3v) is 5.94. The number of anilines is 1. The van der Waals surface area contributed by atoms with Gasteiger partial charge in [0.15, 0.2) is 5.82 Å². The Balaban J connectivity index is 1.40. The summed E-state index contributed by atoms with van der Waals surface area (Å²) in [6.45, 7) is 3.42. The first kappa shape index (κ1) is 22.6. The lowest BCUT2D eigenvalue weighted by Gasteiger charge is -2.30. The van der Waals surface area contributed by atoms with Crippen LogP contribution < -0.4 is 10.6 Å². The second-order valence-corrected chi connectivity index (χ2v) is 8.49. The molecule has 4 rings (SSSR count). The summed E-state index contributed by atoms with van der Waals surface area (Å²) in [5, 5.41) is 21.3. The zero-order valence-electron chi connectivity index (χ0n) is 18.9. The zero-order valence-corrected chi connectivity index (χ0v) is 18.9. The molecule has 2 amide bonds. The normalized spacial score (nSPS) is 15.6. The number of nitrogens with zero attached hydrogens (tertiary/aromatic N) is 6. The molecule has 1 aliphatic rings. The van der Waals surface area contributed by atoms with Crippen molar-refractivity contribution in [2.75, 3.05) is 5.32 Å². The Kier molecular flexibility index (Phi) is 6.76. The maximum atomic E-state index is 12.6. The van der Waals surface area contributed by atoms with Gasteiger partial charge in [0.2, 0.25) is 17.7 Å². The molecule has 0 aliphatic heterocycles. The highest BCUT2D eigenvalue weighted by Crippen LogP contribution is 2.34. The number of amides is 2. The van der Waals surface area contributed by atoms with E-state index >= 15 is 0 Å². The number of aromatic nitrogens is 6. The average Bonchev–Trinajstić information content (AvgIpc) is 3.44. The number of aryl methyl sites for hydroxylation is 2. The molecule has 3 aromatic rings. The van der Waals surface area contributed by atoms with Gasteiger partial charge in [-0.3, -0.25) is 9.59 Å². The highest BCUT2D eigenvalue weighted by Gasteiger charge is 2.38. The van der Waals surface area contributed by atoms with Crippen LogP contribution in [0.15, 0.2) is 29.0 Å². The molecule has 2 heterocycles. The predicted octanol–water partition coefficient (Wildman–Crippen LogP) is 2.61. The third-order valence-electron chi connectivity index (χ3n) is 5.94. The van der Waals surface area contributed by atoms with E-state index in [0.717, 1.165) is 49.8 Å². The molecule has 0 spiro atoms. The lowest BCUT2D eigenvalue weighted by Crippen LogP contribution is -2.45. The average molecular weight is 453 g/mol. The van der Waals surface area contributed by atoms with Crippen LogP contribution >= 0.6 is 0 Å². The number of tetrazole rings is 1. The second kappa shape index (κ2) is 9.88. The third kappa shape index (κ3) is 5.41. The molecule has 1 saturated carbocycles. The monoisotopic (exact) mass is 452 g/mol. The van der Waals surface area contributed by atoms with Gasteiger partial charge in [-0.2, -0.15) is 4.98 Å². The van der Waals surface area contributed by atoms with Crippen molar-refractivity contribution < 1.29 is 14.1 Å². The molecule has 11 nitrogen and oxygen atoms in total. The van der Waals surface area contributed by atoms with Crippen molar-refractivity contribution in [3.05, 3.63) is 41.8 Å². The minimum Gasteiger partial charge on any atom is -0.343 e. The van der Waals surface area contributed by atoms with E-state index in [0.29, 0.717) is 23.8 Å². The minimum absolute atomic E-state index is 0.109. The molecule has 0 atom stereocenters. The van der Waals surface area contributed by atoms with E-state index in [1.165, 1.54) is 17.9 Å². The summed E-state index contributed by atoms with van der Waals surface area (Å²) in [5.74, 6) is 0.605. The molecule has 0 radical (unpaired) electrons. The fraction of sp³-hybridized carbons (Fsp3) is 0.500. The van der Waals surface area contributed by atoms with Crippen molar-refractivity contribution >= 4 is 17.5 Å². The predicted molar refractivity (Wildman–Crippen MR) is 118 cm³/mol. The molecule has 0 saturated heterocycles. The van der Waals surface area contributed by atoms with Gasteiger partial charge < -0.3 is 15.2 Å². The maximum absolute atomic E-state index is 12.6. The Morgan fingerprint density at radius 2 is 1.97 bits per heavy atom. The van der Waals surface area contributed by atoms with Crippen molar-refractivity contribution in [3.63, 3.8) is 0 Å². The van der Waals surface area contributed by atoms with Gasteiger partial charge in [0.05, 0.1) is 5.69 Å². The van der Waals surface area contributed by atoms with Crippen LogP contribution in [0, 0.1) is 6.92 Å². The Morgan fingerprint density at radius 1 is 1.18 bits per heavy atom.